The second-order valence-corrected chi connectivity index (χ2v) is 6.51. The summed E-state index contributed by atoms with van der Waals surface area (Å²) in [6.45, 7) is 3.65. The van der Waals surface area contributed by atoms with Gasteiger partial charge >= 0.3 is 0 Å². The molecule has 0 aliphatic carbocycles. The monoisotopic (exact) mass is 364 g/mol. The summed E-state index contributed by atoms with van der Waals surface area (Å²) in [5, 5.41) is 6.48. The van der Waals surface area contributed by atoms with Crippen molar-refractivity contribution in [2.45, 2.75) is 20.3 Å². The van der Waals surface area contributed by atoms with E-state index in [2.05, 4.69) is 10.6 Å². The summed E-state index contributed by atoms with van der Waals surface area (Å²) in [6.07, 6.45) is 0.197. The summed E-state index contributed by atoms with van der Waals surface area (Å²) >= 11 is 11.8. The zero-order valence-electron chi connectivity index (χ0n) is 13.4. The Morgan fingerprint density at radius 2 is 1.50 bits per heavy atom. The molecular formula is C18H18Cl2N2O2. The van der Waals surface area contributed by atoms with Gasteiger partial charge in [-0.15, -0.1) is 0 Å². The van der Waals surface area contributed by atoms with E-state index in [1.54, 1.807) is 42.5 Å². The zero-order chi connectivity index (χ0) is 17.7. The average molecular weight is 365 g/mol. The Bertz CT molecular complexity index is 743. The lowest BCUT2D eigenvalue weighted by atomic mass is 10.1. The molecule has 126 valence electrons. The fraction of sp³-hybridized carbons (Fsp3) is 0.222. The number of benzene rings is 2. The van der Waals surface area contributed by atoms with Gasteiger partial charge < -0.3 is 10.6 Å². The van der Waals surface area contributed by atoms with Gasteiger partial charge in [0, 0.05) is 17.3 Å². The largest absolute Gasteiger partial charge is 0.326 e. The number of nitrogens with one attached hydrogen (secondary N) is 2. The highest BCUT2D eigenvalue weighted by Crippen LogP contribution is 2.23. The van der Waals surface area contributed by atoms with Crippen molar-refractivity contribution in [2.75, 3.05) is 10.6 Å². The van der Waals surface area contributed by atoms with Gasteiger partial charge in [-0.3, -0.25) is 9.59 Å². The SMILES string of the molecule is CC(C)C(=O)Nc1ccc(NC(=O)Cc2ccc(Cl)c(Cl)c2)cc1. The average Bonchev–Trinajstić information content (AvgIpc) is 2.52. The van der Waals surface area contributed by atoms with Crippen molar-refractivity contribution in [1.82, 2.24) is 0 Å². The number of hydrogen-bond acceptors (Lipinski definition) is 2. The number of amides is 2. The molecule has 0 aliphatic rings. The maximum atomic E-state index is 12.1. The van der Waals surface area contributed by atoms with Gasteiger partial charge in [0.25, 0.3) is 0 Å². The molecule has 0 aliphatic heterocycles. The van der Waals surface area contributed by atoms with Gasteiger partial charge in [0.15, 0.2) is 0 Å². The van der Waals surface area contributed by atoms with Crippen LogP contribution in [0.25, 0.3) is 0 Å². The number of hydrogen-bond donors (Lipinski definition) is 2. The number of carbonyl (C=O) groups is 2. The third-order valence-electron chi connectivity index (χ3n) is 3.31. The van der Waals surface area contributed by atoms with Crippen LogP contribution in [0.3, 0.4) is 0 Å². The van der Waals surface area contributed by atoms with Gasteiger partial charge in [-0.1, -0.05) is 43.1 Å². The maximum Gasteiger partial charge on any atom is 0.228 e. The molecule has 0 fully saturated rings. The molecule has 2 aromatic carbocycles. The van der Waals surface area contributed by atoms with Crippen LogP contribution in [0.2, 0.25) is 10.0 Å². The van der Waals surface area contributed by atoms with Crippen LogP contribution in [0.15, 0.2) is 42.5 Å². The Balaban J connectivity index is 1.94. The minimum Gasteiger partial charge on any atom is -0.326 e. The second-order valence-electron chi connectivity index (χ2n) is 5.69. The van der Waals surface area contributed by atoms with E-state index < -0.39 is 0 Å². The molecule has 0 aromatic heterocycles. The van der Waals surface area contributed by atoms with Gasteiger partial charge in [0.2, 0.25) is 11.8 Å². The van der Waals surface area contributed by atoms with Crippen molar-refractivity contribution >= 4 is 46.4 Å². The van der Waals surface area contributed by atoms with Crippen LogP contribution >= 0.6 is 23.2 Å². The quantitative estimate of drug-likeness (QED) is 0.802. The molecule has 24 heavy (non-hydrogen) atoms. The summed E-state index contributed by atoms with van der Waals surface area (Å²) in [5.41, 5.74) is 2.13. The van der Waals surface area contributed by atoms with E-state index in [1.165, 1.54) is 0 Å². The first-order valence-corrected chi connectivity index (χ1v) is 8.25. The zero-order valence-corrected chi connectivity index (χ0v) is 14.9. The van der Waals surface area contributed by atoms with Crippen LogP contribution in [0.4, 0.5) is 11.4 Å². The van der Waals surface area contributed by atoms with Crippen LogP contribution in [-0.4, -0.2) is 11.8 Å². The van der Waals surface area contributed by atoms with E-state index in [4.69, 9.17) is 23.2 Å². The summed E-state index contributed by atoms with van der Waals surface area (Å²) in [5.74, 6) is -0.297. The van der Waals surface area contributed by atoms with Gasteiger partial charge in [0.1, 0.15) is 0 Å². The first kappa shape index (κ1) is 18.3. The van der Waals surface area contributed by atoms with Crippen molar-refractivity contribution < 1.29 is 9.59 Å². The van der Waals surface area contributed by atoms with Gasteiger partial charge in [-0.05, 0) is 42.0 Å². The molecule has 0 heterocycles. The lowest BCUT2D eigenvalue weighted by Crippen LogP contribution is -2.18. The van der Waals surface area contributed by atoms with E-state index >= 15 is 0 Å². The molecule has 2 amide bonds. The fourth-order valence-electron chi connectivity index (χ4n) is 1.96. The second kappa shape index (κ2) is 8.18. The fourth-order valence-corrected chi connectivity index (χ4v) is 2.28. The van der Waals surface area contributed by atoms with E-state index in [1.807, 2.05) is 13.8 Å². The highest BCUT2D eigenvalue weighted by molar-refractivity contribution is 6.42. The smallest absolute Gasteiger partial charge is 0.228 e. The summed E-state index contributed by atoms with van der Waals surface area (Å²) in [6, 6.07) is 12.1. The summed E-state index contributed by atoms with van der Waals surface area (Å²) < 4.78 is 0. The van der Waals surface area contributed by atoms with Crippen LogP contribution in [0.5, 0.6) is 0 Å². The molecule has 0 bridgehead atoms. The molecule has 0 saturated carbocycles. The van der Waals surface area contributed by atoms with Crippen LogP contribution in [-0.2, 0) is 16.0 Å². The minimum absolute atomic E-state index is 0.0496. The van der Waals surface area contributed by atoms with Crippen molar-refractivity contribution in [1.29, 1.82) is 0 Å². The normalized spacial score (nSPS) is 10.5. The predicted molar refractivity (Wildman–Crippen MR) is 98.7 cm³/mol. The van der Waals surface area contributed by atoms with E-state index in [9.17, 15) is 9.59 Å². The van der Waals surface area contributed by atoms with Crippen molar-refractivity contribution in [3.63, 3.8) is 0 Å². The summed E-state index contributed by atoms with van der Waals surface area (Å²) in [7, 11) is 0. The first-order chi connectivity index (χ1) is 11.3. The molecule has 6 heteroatoms. The third-order valence-corrected chi connectivity index (χ3v) is 4.05. The van der Waals surface area contributed by atoms with Crippen molar-refractivity contribution in [3.8, 4) is 0 Å². The molecular weight excluding hydrogens is 347 g/mol. The van der Waals surface area contributed by atoms with Gasteiger partial charge in [0.05, 0.1) is 16.5 Å². The number of rotatable bonds is 5. The van der Waals surface area contributed by atoms with E-state index in [0.29, 0.717) is 21.4 Å². The van der Waals surface area contributed by atoms with Crippen LogP contribution in [0.1, 0.15) is 19.4 Å². The van der Waals surface area contributed by atoms with E-state index in [-0.39, 0.29) is 24.2 Å². The molecule has 4 nitrogen and oxygen atoms in total. The molecule has 2 N–H and O–H groups in total. The lowest BCUT2D eigenvalue weighted by molar-refractivity contribution is -0.119. The van der Waals surface area contributed by atoms with Crippen LogP contribution in [0, 0.1) is 5.92 Å². The van der Waals surface area contributed by atoms with Crippen LogP contribution < -0.4 is 10.6 Å². The minimum atomic E-state index is -0.160. The number of anilines is 2. The predicted octanol–water partition coefficient (Wildman–Crippen LogP) is 4.77. The molecule has 0 atom stereocenters. The Morgan fingerprint density at radius 3 is 2.04 bits per heavy atom. The Labute approximate surface area is 151 Å². The number of carbonyl (C=O) groups excluding carboxylic acids is 2. The van der Waals surface area contributed by atoms with Crippen molar-refractivity contribution in [2.24, 2.45) is 5.92 Å². The highest BCUT2D eigenvalue weighted by atomic mass is 35.5. The molecule has 0 radical (unpaired) electrons. The Hall–Kier alpha value is -2.04. The Morgan fingerprint density at radius 1 is 0.917 bits per heavy atom. The highest BCUT2D eigenvalue weighted by Gasteiger charge is 2.08. The molecule has 2 rings (SSSR count). The van der Waals surface area contributed by atoms with Crippen molar-refractivity contribution in [3.05, 3.63) is 58.1 Å². The maximum absolute atomic E-state index is 12.1. The van der Waals surface area contributed by atoms with E-state index in [0.717, 1.165) is 5.56 Å². The molecule has 0 spiro atoms. The number of halogens is 2. The summed E-state index contributed by atoms with van der Waals surface area (Å²) in [4.78, 5) is 23.7. The first-order valence-electron chi connectivity index (χ1n) is 7.50. The molecule has 0 saturated heterocycles. The van der Waals surface area contributed by atoms with Gasteiger partial charge in [-0.25, -0.2) is 0 Å². The lowest BCUT2D eigenvalue weighted by Gasteiger charge is -2.09. The Kier molecular flexibility index (Phi) is 6.23. The molecule has 0 unspecified atom stereocenters. The van der Waals surface area contributed by atoms with Gasteiger partial charge in [-0.2, -0.15) is 0 Å². The molecule has 2 aromatic rings. The third kappa shape index (κ3) is 5.25. The standard InChI is InChI=1S/C18H18Cl2N2O2/c1-11(2)18(24)22-14-6-4-13(5-7-14)21-17(23)10-12-3-8-15(19)16(20)9-12/h3-9,11H,10H2,1-2H3,(H,21,23)(H,22,24). The topological polar surface area (TPSA) is 58.2 Å².